The minimum atomic E-state index is -1.31. The first-order chi connectivity index (χ1) is 14.5. The summed E-state index contributed by atoms with van der Waals surface area (Å²) in [5.41, 5.74) is 2.66. The first-order valence-corrected chi connectivity index (χ1v) is 11.1. The predicted molar refractivity (Wildman–Crippen MR) is 115 cm³/mol. The molecule has 1 N–H and O–H groups in total. The minimum Gasteiger partial charge on any atom is -0.337 e. The van der Waals surface area contributed by atoms with Crippen LogP contribution >= 0.6 is 0 Å². The normalized spacial score (nSPS) is 33.7. The molecule has 30 heavy (non-hydrogen) atoms. The number of carbonyl (C=O) groups excluding carboxylic acids is 1. The van der Waals surface area contributed by atoms with E-state index in [1.807, 2.05) is 47.4 Å². The Labute approximate surface area is 178 Å². The first-order valence-electron chi connectivity index (χ1n) is 11.1. The lowest BCUT2D eigenvalue weighted by atomic mass is 9.83. The highest BCUT2D eigenvalue weighted by molar-refractivity contribution is 6.06. The lowest BCUT2D eigenvalue weighted by molar-refractivity contribution is -0.907. The van der Waals surface area contributed by atoms with Crippen LogP contribution < -0.4 is 9.80 Å². The zero-order valence-corrected chi connectivity index (χ0v) is 17.9. The number of anilines is 1. The molecule has 5 nitrogen and oxygen atoms in total. The Balaban J connectivity index is 1.42. The standard InChI is InChI=1S/C25H30N2O3/c1-19-9-8-14-26(15-19)18-27-22-13-7-6-12-21(22)25(23(27)28)29-16-24(2,17-30-25)20-10-4-3-5-11-20/h3-7,10-13,19H,8-9,14-18H2,1-2H3/p+1. The fraction of sp³-hybridized carbons (Fsp3) is 0.480. The van der Waals surface area contributed by atoms with Gasteiger partial charge in [-0.15, -0.1) is 0 Å². The van der Waals surface area contributed by atoms with Gasteiger partial charge in [0.1, 0.15) is 0 Å². The third-order valence-corrected chi connectivity index (χ3v) is 6.98. The van der Waals surface area contributed by atoms with Crippen LogP contribution in [0.15, 0.2) is 54.6 Å². The molecular formula is C25H31N2O3+. The molecule has 3 heterocycles. The van der Waals surface area contributed by atoms with Crippen molar-refractivity contribution in [1.82, 2.24) is 0 Å². The van der Waals surface area contributed by atoms with Gasteiger partial charge in [0.05, 0.1) is 32.0 Å². The van der Waals surface area contributed by atoms with Crippen molar-refractivity contribution >= 4 is 11.6 Å². The van der Waals surface area contributed by atoms with Gasteiger partial charge in [-0.2, -0.15) is 0 Å². The van der Waals surface area contributed by atoms with Crippen LogP contribution in [0, 0.1) is 5.92 Å². The molecule has 0 aromatic heterocycles. The van der Waals surface area contributed by atoms with Crippen LogP contribution in [-0.4, -0.2) is 38.9 Å². The number of quaternary nitrogens is 1. The smallest absolute Gasteiger partial charge is 0.296 e. The summed E-state index contributed by atoms with van der Waals surface area (Å²) in [6.07, 6.45) is 2.50. The van der Waals surface area contributed by atoms with Gasteiger partial charge < -0.3 is 14.4 Å². The maximum atomic E-state index is 13.7. The van der Waals surface area contributed by atoms with Gasteiger partial charge in [0.25, 0.3) is 11.7 Å². The summed E-state index contributed by atoms with van der Waals surface area (Å²) >= 11 is 0. The van der Waals surface area contributed by atoms with E-state index < -0.39 is 5.79 Å². The van der Waals surface area contributed by atoms with Crippen LogP contribution in [-0.2, 0) is 25.5 Å². The number of piperidine rings is 1. The molecule has 0 aliphatic carbocycles. The minimum absolute atomic E-state index is 0.0791. The third-order valence-electron chi connectivity index (χ3n) is 6.98. The molecular weight excluding hydrogens is 376 g/mol. The van der Waals surface area contributed by atoms with E-state index in [2.05, 4.69) is 26.0 Å². The van der Waals surface area contributed by atoms with E-state index in [1.54, 1.807) is 0 Å². The topological polar surface area (TPSA) is 43.2 Å². The number of nitrogens with one attached hydrogen (secondary N) is 1. The Bertz CT molecular complexity index is 921. The van der Waals surface area contributed by atoms with Crippen LogP contribution in [0.25, 0.3) is 0 Å². The number of amides is 1. The van der Waals surface area contributed by atoms with E-state index in [-0.39, 0.29) is 11.3 Å². The second-order valence-electron chi connectivity index (χ2n) is 9.48. The molecule has 2 fully saturated rings. The summed E-state index contributed by atoms with van der Waals surface area (Å²) in [4.78, 5) is 17.1. The molecule has 3 aliphatic rings. The highest BCUT2D eigenvalue weighted by atomic mass is 16.7. The highest BCUT2D eigenvalue weighted by Gasteiger charge is 2.58. The Hall–Kier alpha value is -2.21. The molecule has 1 spiro atoms. The molecule has 2 aromatic carbocycles. The average molecular weight is 408 g/mol. The molecule has 0 radical (unpaired) electrons. The summed E-state index contributed by atoms with van der Waals surface area (Å²) in [5.74, 6) is -0.694. The summed E-state index contributed by atoms with van der Waals surface area (Å²) in [6.45, 7) is 8.21. The monoisotopic (exact) mass is 407 g/mol. The Morgan fingerprint density at radius 1 is 1.07 bits per heavy atom. The molecule has 5 heteroatoms. The van der Waals surface area contributed by atoms with Crippen LogP contribution in [0.3, 0.4) is 0 Å². The van der Waals surface area contributed by atoms with Crippen molar-refractivity contribution < 1.29 is 19.2 Å². The van der Waals surface area contributed by atoms with Crippen molar-refractivity contribution in [2.45, 2.75) is 37.9 Å². The van der Waals surface area contributed by atoms with Gasteiger partial charge in [-0.05, 0) is 24.5 Å². The van der Waals surface area contributed by atoms with Crippen molar-refractivity contribution in [3.8, 4) is 0 Å². The molecule has 1 amide bonds. The number of hydrogen-bond donors (Lipinski definition) is 1. The summed E-state index contributed by atoms with van der Waals surface area (Å²) in [5, 5.41) is 0. The Morgan fingerprint density at radius 2 is 1.77 bits per heavy atom. The van der Waals surface area contributed by atoms with Gasteiger partial charge in [0, 0.05) is 16.9 Å². The number of para-hydroxylation sites is 1. The maximum Gasteiger partial charge on any atom is 0.296 e. The quantitative estimate of drug-likeness (QED) is 0.850. The Kier molecular flexibility index (Phi) is 4.92. The van der Waals surface area contributed by atoms with Crippen LogP contribution in [0.1, 0.15) is 37.8 Å². The van der Waals surface area contributed by atoms with E-state index in [0.717, 1.165) is 24.3 Å². The van der Waals surface area contributed by atoms with Gasteiger partial charge in [0.15, 0.2) is 6.67 Å². The van der Waals surface area contributed by atoms with E-state index >= 15 is 0 Å². The number of carbonyl (C=O) groups is 1. The maximum absolute atomic E-state index is 13.7. The number of hydrogen-bond acceptors (Lipinski definition) is 3. The van der Waals surface area contributed by atoms with Gasteiger partial charge in [-0.1, -0.05) is 62.4 Å². The van der Waals surface area contributed by atoms with E-state index in [0.29, 0.717) is 25.8 Å². The van der Waals surface area contributed by atoms with Crippen molar-refractivity contribution in [1.29, 1.82) is 0 Å². The molecule has 0 saturated carbocycles. The van der Waals surface area contributed by atoms with Crippen molar-refractivity contribution in [2.24, 2.45) is 5.92 Å². The molecule has 0 bridgehead atoms. The summed E-state index contributed by atoms with van der Waals surface area (Å²) in [7, 11) is 0. The number of likely N-dealkylation sites (tertiary alicyclic amines) is 1. The van der Waals surface area contributed by atoms with E-state index in [9.17, 15) is 4.79 Å². The SMILES string of the molecule is CC1CCC[NH+](CN2C(=O)C3(OCC(C)(c4ccccc4)CO3)c3ccccc32)C1. The predicted octanol–water partition coefficient (Wildman–Crippen LogP) is 2.46. The molecule has 5 rings (SSSR count). The number of rotatable bonds is 3. The molecule has 2 saturated heterocycles. The third kappa shape index (κ3) is 3.16. The van der Waals surface area contributed by atoms with Gasteiger partial charge in [-0.25, -0.2) is 0 Å². The van der Waals surface area contributed by atoms with Crippen molar-refractivity contribution in [3.63, 3.8) is 0 Å². The van der Waals surface area contributed by atoms with Gasteiger partial charge in [0.2, 0.25) is 0 Å². The highest BCUT2D eigenvalue weighted by Crippen LogP contribution is 2.47. The lowest BCUT2D eigenvalue weighted by Gasteiger charge is -2.42. The fourth-order valence-corrected chi connectivity index (χ4v) is 5.20. The zero-order chi connectivity index (χ0) is 20.8. The number of ether oxygens (including phenoxy) is 2. The number of benzene rings is 2. The molecule has 2 atom stereocenters. The summed E-state index contributed by atoms with van der Waals surface area (Å²) < 4.78 is 12.7. The number of fused-ring (bicyclic) bond motifs is 2. The van der Waals surface area contributed by atoms with Gasteiger partial charge >= 0.3 is 0 Å². The number of nitrogens with zero attached hydrogens (tertiary/aromatic N) is 1. The van der Waals surface area contributed by atoms with Crippen LogP contribution in [0.2, 0.25) is 0 Å². The van der Waals surface area contributed by atoms with Gasteiger partial charge in [-0.3, -0.25) is 9.69 Å². The largest absolute Gasteiger partial charge is 0.337 e. The van der Waals surface area contributed by atoms with Crippen LogP contribution in [0.5, 0.6) is 0 Å². The van der Waals surface area contributed by atoms with Crippen LogP contribution in [0.4, 0.5) is 5.69 Å². The molecule has 3 aliphatic heterocycles. The molecule has 158 valence electrons. The first kappa shape index (κ1) is 19.7. The lowest BCUT2D eigenvalue weighted by Crippen LogP contribution is -3.15. The van der Waals surface area contributed by atoms with E-state index in [1.165, 1.54) is 23.3 Å². The zero-order valence-electron chi connectivity index (χ0n) is 17.9. The molecule has 2 aromatic rings. The Morgan fingerprint density at radius 3 is 2.50 bits per heavy atom. The second kappa shape index (κ2) is 7.49. The fourth-order valence-electron chi connectivity index (χ4n) is 5.20. The van der Waals surface area contributed by atoms with Crippen molar-refractivity contribution in [2.75, 3.05) is 37.9 Å². The van der Waals surface area contributed by atoms with E-state index in [4.69, 9.17) is 9.47 Å². The second-order valence-corrected chi connectivity index (χ2v) is 9.48. The summed E-state index contributed by atoms with van der Waals surface area (Å²) in [6, 6.07) is 18.2. The van der Waals surface area contributed by atoms with Crippen molar-refractivity contribution in [3.05, 3.63) is 65.7 Å². The molecule has 2 unspecified atom stereocenters. The average Bonchev–Trinajstić information content (AvgIpc) is 3.00.